The minimum absolute atomic E-state index is 0.0201. The predicted octanol–water partition coefficient (Wildman–Crippen LogP) is -2.19. The summed E-state index contributed by atoms with van der Waals surface area (Å²) in [7, 11) is 0. The molecule has 32 heavy (non-hydrogen) atoms. The molecule has 9 N–H and O–H groups in total. The lowest BCUT2D eigenvalue weighted by atomic mass is 10.1. The maximum atomic E-state index is 12.8. The number of hydrogen-bond acceptors (Lipinski definition) is 9. The van der Waals surface area contributed by atoms with Crippen LogP contribution in [0.3, 0.4) is 0 Å². The average molecular weight is 490 g/mol. The molecule has 0 saturated carbocycles. The average Bonchev–Trinajstić information content (AvgIpc) is 3.28. The van der Waals surface area contributed by atoms with Gasteiger partial charge in [-0.25, -0.2) is 9.78 Å². The number of rotatable bonds is 15. The fourth-order valence-electron chi connectivity index (χ4n) is 2.68. The molecule has 0 saturated heterocycles. The van der Waals surface area contributed by atoms with Gasteiger partial charge in [0.05, 0.1) is 12.4 Å². The number of nitrogens with one attached hydrogen (secondary N) is 4. The number of aromatic amines is 1. The van der Waals surface area contributed by atoms with E-state index in [9.17, 15) is 24.3 Å². The number of imidazole rings is 1. The fraction of sp³-hybridized carbons (Fsp3) is 0.611. The number of carbonyl (C=O) groups is 4. The van der Waals surface area contributed by atoms with E-state index in [1.807, 2.05) is 0 Å². The lowest BCUT2D eigenvalue weighted by Crippen LogP contribution is -2.58. The van der Waals surface area contributed by atoms with Crippen molar-refractivity contribution in [3.8, 4) is 0 Å². The molecule has 0 spiro atoms. The van der Waals surface area contributed by atoms with Crippen LogP contribution < -0.4 is 27.4 Å². The molecule has 12 nitrogen and oxygen atoms in total. The molecule has 0 aliphatic carbocycles. The largest absolute Gasteiger partial charge is 0.480 e. The van der Waals surface area contributed by atoms with Crippen LogP contribution in [0, 0.1) is 0 Å². The van der Waals surface area contributed by atoms with E-state index in [1.54, 1.807) is 0 Å². The van der Waals surface area contributed by atoms with Crippen molar-refractivity contribution in [1.82, 2.24) is 25.9 Å². The zero-order valence-corrected chi connectivity index (χ0v) is 19.3. The van der Waals surface area contributed by atoms with Gasteiger partial charge in [0.15, 0.2) is 0 Å². The van der Waals surface area contributed by atoms with Crippen molar-refractivity contribution >= 4 is 48.9 Å². The number of H-pyrrole nitrogens is 1. The first-order chi connectivity index (χ1) is 15.2. The third-order valence-corrected chi connectivity index (χ3v) is 5.28. The van der Waals surface area contributed by atoms with Gasteiger partial charge < -0.3 is 37.5 Å². The van der Waals surface area contributed by atoms with Crippen LogP contribution >= 0.6 is 25.3 Å². The second-order valence-corrected chi connectivity index (χ2v) is 7.79. The molecule has 0 radical (unpaired) electrons. The summed E-state index contributed by atoms with van der Waals surface area (Å²) in [5.74, 6) is -3.13. The lowest BCUT2D eigenvalue weighted by molar-refractivity contribution is -0.142. The number of thiol groups is 2. The highest BCUT2D eigenvalue weighted by molar-refractivity contribution is 7.80. The van der Waals surface area contributed by atoms with Crippen LogP contribution in [0.25, 0.3) is 0 Å². The number of carboxylic acids is 1. The van der Waals surface area contributed by atoms with Crippen LogP contribution in [0.1, 0.15) is 25.0 Å². The van der Waals surface area contributed by atoms with Gasteiger partial charge in [0, 0.05) is 29.8 Å². The zero-order chi connectivity index (χ0) is 24.1. The third-order valence-electron chi connectivity index (χ3n) is 4.52. The van der Waals surface area contributed by atoms with Crippen molar-refractivity contribution < 1.29 is 24.3 Å². The minimum Gasteiger partial charge on any atom is -0.480 e. The summed E-state index contributed by atoms with van der Waals surface area (Å²) in [6.45, 7) is 0.424. The van der Waals surface area contributed by atoms with Gasteiger partial charge in [-0.15, -0.1) is 0 Å². The SMILES string of the molecule is NCCCCC(NC(=O)C(N)CS)C(=O)NC(CS)C(=O)NC(Cc1cnc[nH]1)C(=O)O. The van der Waals surface area contributed by atoms with E-state index < -0.39 is 47.9 Å². The Bertz CT molecular complexity index is 750. The minimum atomic E-state index is -1.25. The molecule has 0 fully saturated rings. The third kappa shape index (κ3) is 9.46. The normalized spacial score (nSPS) is 14.6. The molecule has 3 amide bonds. The van der Waals surface area contributed by atoms with E-state index in [2.05, 4.69) is 51.2 Å². The maximum absolute atomic E-state index is 12.8. The lowest BCUT2D eigenvalue weighted by Gasteiger charge is -2.24. The quantitative estimate of drug-likeness (QED) is 0.0974. The predicted molar refractivity (Wildman–Crippen MR) is 124 cm³/mol. The highest BCUT2D eigenvalue weighted by atomic mass is 32.1. The van der Waals surface area contributed by atoms with Crippen molar-refractivity contribution in [3.05, 3.63) is 18.2 Å². The molecule has 4 atom stereocenters. The highest BCUT2D eigenvalue weighted by Crippen LogP contribution is 2.04. The van der Waals surface area contributed by atoms with Crippen molar-refractivity contribution in [3.63, 3.8) is 0 Å². The molecular formula is C18H31N7O5S2. The van der Waals surface area contributed by atoms with Crippen molar-refractivity contribution in [1.29, 1.82) is 0 Å². The molecule has 1 aromatic heterocycles. The molecule has 180 valence electrons. The molecule has 0 bridgehead atoms. The maximum Gasteiger partial charge on any atom is 0.326 e. The van der Waals surface area contributed by atoms with Gasteiger partial charge in [0.2, 0.25) is 17.7 Å². The highest BCUT2D eigenvalue weighted by Gasteiger charge is 2.29. The molecule has 0 aliphatic rings. The van der Waals surface area contributed by atoms with Crippen LogP contribution in [0.5, 0.6) is 0 Å². The summed E-state index contributed by atoms with van der Waals surface area (Å²) in [5.41, 5.74) is 11.7. The molecule has 1 aromatic rings. The van der Waals surface area contributed by atoms with E-state index in [-0.39, 0.29) is 24.3 Å². The Hall–Kier alpha value is -2.29. The van der Waals surface area contributed by atoms with Gasteiger partial charge >= 0.3 is 5.97 Å². The topological polar surface area (TPSA) is 205 Å². The summed E-state index contributed by atoms with van der Waals surface area (Å²) in [6.07, 6.45) is 4.31. The fourth-order valence-corrected chi connectivity index (χ4v) is 3.10. The van der Waals surface area contributed by atoms with Gasteiger partial charge in [-0.3, -0.25) is 14.4 Å². The van der Waals surface area contributed by atoms with Gasteiger partial charge in [0.1, 0.15) is 18.1 Å². The number of aromatic nitrogens is 2. The number of nitrogens with zero attached hydrogens (tertiary/aromatic N) is 1. The summed E-state index contributed by atoms with van der Waals surface area (Å²) in [5, 5.41) is 16.9. The van der Waals surface area contributed by atoms with E-state index in [4.69, 9.17) is 11.5 Å². The Kier molecular flexibility index (Phi) is 12.8. The van der Waals surface area contributed by atoms with E-state index in [1.165, 1.54) is 12.5 Å². The van der Waals surface area contributed by atoms with Crippen molar-refractivity contribution in [2.45, 2.75) is 49.9 Å². The molecule has 0 aromatic carbocycles. The first kappa shape index (κ1) is 27.7. The Labute approximate surface area is 196 Å². The number of carbonyl (C=O) groups excluding carboxylic acids is 3. The summed E-state index contributed by atoms with van der Waals surface area (Å²) in [6, 6.07) is -4.21. The Morgan fingerprint density at radius 1 is 1.00 bits per heavy atom. The number of nitrogens with two attached hydrogens (primary N) is 2. The van der Waals surface area contributed by atoms with Crippen LogP contribution in [0.15, 0.2) is 12.5 Å². The van der Waals surface area contributed by atoms with Crippen molar-refractivity contribution in [2.24, 2.45) is 11.5 Å². The second-order valence-electron chi connectivity index (χ2n) is 7.06. The first-order valence-electron chi connectivity index (χ1n) is 10.0. The Balaban J connectivity index is 2.81. The Morgan fingerprint density at radius 2 is 1.62 bits per heavy atom. The first-order valence-corrected chi connectivity index (χ1v) is 11.3. The van der Waals surface area contributed by atoms with Gasteiger partial charge in [-0.05, 0) is 25.8 Å². The number of hydrogen-bond donors (Lipinski definition) is 9. The van der Waals surface area contributed by atoms with Crippen LogP contribution in [-0.2, 0) is 25.6 Å². The molecule has 0 aliphatic heterocycles. The summed E-state index contributed by atoms with van der Waals surface area (Å²) < 4.78 is 0. The molecule has 1 rings (SSSR count). The van der Waals surface area contributed by atoms with E-state index >= 15 is 0 Å². The number of aliphatic carboxylic acids is 1. The standard InChI is InChI=1S/C18H31N7O5S2/c19-4-2-1-3-12(23-15(26)11(20)7-31)16(27)25-14(8-32)17(28)24-13(18(29)30)5-10-6-21-9-22-10/h6,9,11-14,31-32H,1-5,7-8,19-20H2,(H,21,22)(H,23,26)(H,24,28)(H,25,27)(H,29,30). The van der Waals surface area contributed by atoms with Gasteiger partial charge in [0.25, 0.3) is 0 Å². The number of unbranched alkanes of at least 4 members (excludes halogenated alkanes) is 1. The van der Waals surface area contributed by atoms with E-state index in [0.717, 1.165) is 0 Å². The second kappa shape index (κ2) is 14.7. The molecule has 1 heterocycles. The van der Waals surface area contributed by atoms with Gasteiger partial charge in [-0.2, -0.15) is 25.3 Å². The summed E-state index contributed by atoms with van der Waals surface area (Å²) in [4.78, 5) is 55.6. The van der Waals surface area contributed by atoms with Crippen LogP contribution in [0.2, 0.25) is 0 Å². The van der Waals surface area contributed by atoms with Crippen LogP contribution in [0.4, 0.5) is 0 Å². The molecular weight excluding hydrogens is 458 g/mol. The van der Waals surface area contributed by atoms with Gasteiger partial charge in [-0.1, -0.05) is 0 Å². The monoisotopic (exact) mass is 489 g/mol. The summed E-state index contributed by atoms with van der Waals surface area (Å²) >= 11 is 8.06. The Morgan fingerprint density at radius 3 is 2.16 bits per heavy atom. The molecule has 14 heteroatoms. The number of carboxylic acid groups (broad SMARTS) is 1. The van der Waals surface area contributed by atoms with Crippen molar-refractivity contribution in [2.75, 3.05) is 18.1 Å². The zero-order valence-electron chi connectivity index (χ0n) is 17.5. The smallest absolute Gasteiger partial charge is 0.326 e. The van der Waals surface area contributed by atoms with Crippen LogP contribution in [-0.4, -0.2) is 81.0 Å². The number of amides is 3. The van der Waals surface area contributed by atoms with E-state index in [0.29, 0.717) is 25.1 Å². The molecule has 4 unspecified atom stereocenters.